The Bertz CT molecular complexity index is 550. The Morgan fingerprint density at radius 3 is 3.12 bits per heavy atom. The van der Waals surface area contributed by atoms with Gasteiger partial charge in [-0.2, -0.15) is 0 Å². The fraction of sp³-hybridized carbons (Fsp3) is 0.200. The summed E-state index contributed by atoms with van der Waals surface area (Å²) in [6.07, 6.45) is 1.51. The molecule has 0 spiro atoms. The molecule has 0 bridgehead atoms. The van der Waals surface area contributed by atoms with E-state index in [4.69, 9.17) is 22.1 Å². The number of hydrogen-bond acceptors (Lipinski definition) is 4. The molecule has 2 rings (SSSR count). The largest absolute Gasteiger partial charge is 0.462 e. The van der Waals surface area contributed by atoms with Gasteiger partial charge in [0.1, 0.15) is 11.4 Å². The predicted octanol–water partition coefficient (Wildman–Crippen LogP) is 1.98. The van der Waals surface area contributed by atoms with Gasteiger partial charge in [-0.15, -0.1) is 0 Å². The lowest BCUT2D eigenvalue weighted by Gasteiger charge is -2.00. The number of aromatic nitrogens is 2. The van der Waals surface area contributed by atoms with Gasteiger partial charge in [0.25, 0.3) is 0 Å². The van der Waals surface area contributed by atoms with Crippen LogP contribution < -0.4 is 5.73 Å². The molecule has 0 amide bonds. The number of fused-ring (bicyclic) bond motifs is 1. The van der Waals surface area contributed by atoms with Gasteiger partial charge >= 0.3 is 5.97 Å². The van der Waals surface area contributed by atoms with E-state index < -0.39 is 5.97 Å². The number of nitrogens with two attached hydrogens (primary N) is 1. The molecular formula is C10H10ClN3O2. The lowest BCUT2D eigenvalue weighted by atomic mass is 10.2. The summed E-state index contributed by atoms with van der Waals surface area (Å²) >= 11 is 5.87. The number of nitrogens with zero attached hydrogens (tertiary/aromatic N) is 1. The maximum absolute atomic E-state index is 11.7. The van der Waals surface area contributed by atoms with Crippen molar-refractivity contribution in [2.75, 3.05) is 12.3 Å². The monoisotopic (exact) mass is 239 g/mol. The number of aromatic amines is 1. The molecule has 0 saturated heterocycles. The van der Waals surface area contributed by atoms with Gasteiger partial charge in [-0.25, -0.2) is 9.78 Å². The predicted molar refractivity (Wildman–Crippen MR) is 61.5 cm³/mol. The van der Waals surface area contributed by atoms with Crippen LogP contribution in [-0.2, 0) is 4.74 Å². The van der Waals surface area contributed by atoms with Crippen molar-refractivity contribution in [3.05, 3.63) is 23.0 Å². The van der Waals surface area contributed by atoms with E-state index in [2.05, 4.69) is 9.97 Å². The maximum atomic E-state index is 11.7. The average Bonchev–Trinajstić information content (AvgIpc) is 2.56. The molecule has 6 heteroatoms. The van der Waals surface area contributed by atoms with Crippen molar-refractivity contribution in [3.8, 4) is 0 Å². The highest BCUT2D eigenvalue weighted by Gasteiger charge is 2.19. The van der Waals surface area contributed by atoms with Crippen LogP contribution in [0.25, 0.3) is 10.9 Å². The zero-order valence-electron chi connectivity index (χ0n) is 8.58. The number of anilines is 1. The first-order valence-corrected chi connectivity index (χ1v) is 5.11. The van der Waals surface area contributed by atoms with Gasteiger partial charge in [0, 0.05) is 11.6 Å². The summed E-state index contributed by atoms with van der Waals surface area (Å²) in [5.74, 6) is -0.225. The Morgan fingerprint density at radius 2 is 2.44 bits per heavy atom. The minimum atomic E-state index is -0.464. The minimum Gasteiger partial charge on any atom is -0.462 e. The molecular weight excluding hydrogens is 230 g/mol. The number of carbonyl (C=O) groups excluding carboxylic acids is 1. The quantitative estimate of drug-likeness (QED) is 0.620. The molecule has 0 aliphatic rings. The summed E-state index contributed by atoms with van der Waals surface area (Å²) in [6, 6.07) is 1.67. The zero-order chi connectivity index (χ0) is 11.7. The summed E-state index contributed by atoms with van der Waals surface area (Å²) in [5, 5.41) is 0.899. The van der Waals surface area contributed by atoms with Crippen LogP contribution in [0.1, 0.15) is 17.3 Å². The average molecular weight is 240 g/mol. The smallest absolute Gasteiger partial charge is 0.342 e. The van der Waals surface area contributed by atoms with E-state index in [1.165, 1.54) is 6.20 Å². The number of carbonyl (C=O) groups is 1. The number of nitrogen functional groups attached to an aromatic ring is 1. The molecule has 2 aromatic rings. The third-order valence-corrected chi connectivity index (χ3v) is 2.47. The van der Waals surface area contributed by atoms with Gasteiger partial charge in [-0.1, -0.05) is 11.6 Å². The number of H-pyrrole nitrogens is 1. The standard InChI is InChI=1S/C10H10ClN3O2/c1-2-16-10(15)6-5-3-4-13-8(11)7(5)14-9(6)12/h3-4,14H,2,12H2,1H3. The summed E-state index contributed by atoms with van der Waals surface area (Å²) < 4.78 is 4.91. The van der Waals surface area contributed by atoms with E-state index in [0.29, 0.717) is 23.1 Å². The number of halogens is 1. The molecule has 2 aromatic heterocycles. The van der Waals surface area contributed by atoms with Crippen molar-refractivity contribution in [3.63, 3.8) is 0 Å². The highest BCUT2D eigenvalue weighted by Crippen LogP contribution is 2.28. The van der Waals surface area contributed by atoms with Crippen LogP contribution in [-0.4, -0.2) is 22.5 Å². The van der Waals surface area contributed by atoms with Gasteiger partial charge in [-0.05, 0) is 13.0 Å². The van der Waals surface area contributed by atoms with E-state index in [9.17, 15) is 4.79 Å². The molecule has 0 aliphatic heterocycles. The van der Waals surface area contributed by atoms with Crippen molar-refractivity contribution >= 4 is 34.3 Å². The lowest BCUT2D eigenvalue weighted by Crippen LogP contribution is -2.06. The van der Waals surface area contributed by atoms with Crippen molar-refractivity contribution < 1.29 is 9.53 Å². The van der Waals surface area contributed by atoms with Crippen LogP contribution in [0.2, 0.25) is 5.15 Å². The number of ether oxygens (including phenoxy) is 1. The Kier molecular flexibility index (Phi) is 2.70. The van der Waals surface area contributed by atoms with E-state index >= 15 is 0 Å². The lowest BCUT2D eigenvalue weighted by molar-refractivity contribution is 0.0530. The summed E-state index contributed by atoms with van der Waals surface area (Å²) in [5.41, 5.74) is 6.56. The third kappa shape index (κ3) is 1.59. The molecule has 0 aliphatic carbocycles. The van der Waals surface area contributed by atoms with Crippen LogP contribution in [0.4, 0.5) is 5.82 Å². The minimum absolute atomic E-state index is 0.239. The second kappa shape index (κ2) is 4.02. The topological polar surface area (TPSA) is 81.0 Å². The van der Waals surface area contributed by atoms with Crippen molar-refractivity contribution in [2.24, 2.45) is 0 Å². The second-order valence-electron chi connectivity index (χ2n) is 3.16. The first-order chi connectivity index (χ1) is 7.65. The maximum Gasteiger partial charge on any atom is 0.342 e. The Labute approximate surface area is 96.6 Å². The Balaban J connectivity index is 2.65. The number of pyridine rings is 1. The Morgan fingerprint density at radius 1 is 1.69 bits per heavy atom. The molecule has 0 saturated carbocycles. The van der Waals surface area contributed by atoms with Gasteiger partial charge in [0.15, 0.2) is 5.15 Å². The van der Waals surface area contributed by atoms with Crippen LogP contribution >= 0.6 is 11.6 Å². The van der Waals surface area contributed by atoms with E-state index in [0.717, 1.165) is 0 Å². The number of esters is 1. The molecule has 84 valence electrons. The summed E-state index contributed by atoms with van der Waals surface area (Å²) in [6.45, 7) is 2.03. The number of hydrogen-bond donors (Lipinski definition) is 2. The van der Waals surface area contributed by atoms with Crippen molar-refractivity contribution in [1.29, 1.82) is 0 Å². The van der Waals surface area contributed by atoms with E-state index in [-0.39, 0.29) is 11.0 Å². The van der Waals surface area contributed by atoms with Gasteiger partial charge < -0.3 is 15.5 Å². The third-order valence-electron chi connectivity index (χ3n) is 2.18. The normalized spacial score (nSPS) is 10.6. The molecule has 0 atom stereocenters. The molecule has 5 nitrogen and oxygen atoms in total. The summed E-state index contributed by atoms with van der Waals surface area (Å²) in [4.78, 5) is 18.4. The fourth-order valence-electron chi connectivity index (χ4n) is 1.53. The highest BCUT2D eigenvalue weighted by atomic mass is 35.5. The Hall–Kier alpha value is -1.75. The molecule has 0 fully saturated rings. The van der Waals surface area contributed by atoms with Crippen LogP contribution in [0.15, 0.2) is 12.3 Å². The van der Waals surface area contributed by atoms with Gasteiger partial charge in [0.2, 0.25) is 0 Å². The molecule has 16 heavy (non-hydrogen) atoms. The van der Waals surface area contributed by atoms with Crippen molar-refractivity contribution in [1.82, 2.24) is 9.97 Å². The summed E-state index contributed by atoms with van der Waals surface area (Å²) in [7, 11) is 0. The van der Waals surface area contributed by atoms with Gasteiger partial charge in [0.05, 0.1) is 12.1 Å². The number of rotatable bonds is 2. The van der Waals surface area contributed by atoms with Crippen LogP contribution in [0.3, 0.4) is 0 Å². The van der Waals surface area contributed by atoms with Crippen LogP contribution in [0, 0.1) is 0 Å². The molecule has 0 radical (unpaired) electrons. The second-order valence-corrected chi connectivity index (χ2v) is 3.52. The molecule has 0 unspecified atom stereocenters. The van der Waals surface area contributed by atoms with Crippen molar-refractivity contribution in [2.45, 2.75) is 6.92 Å². The molecule has 3 N–H and O–H groups in total. The molecule has 0 aromatic carbocycles. The number of nitrogens with one attached hydrogen (secondary N) is 1. The molecule has 2 heterocycles. The van der Waals surface area contributed by atoms with Gasteiger partial charge in [-0.3, -0.25) is 0 Å². The highest BCUT2D eigenvalue weighted by molar-refractivity contribution is 6.34. The first-order valence-electron chi connectivity index (χ1n) is 4.74. The SMILES string of the molecule is CCOC(=O)c1c(N)[nH]c2c(Cl)nccc12. The zero-order valence-corrected chi connectivity index (χ0v) is 9.34. The van der Waals surface area contributed by atoms with E-state index in [1.807, 2.05) is 0 Å². The fourth-order valence-corrected chi connectivity index (χ4v) is 1.73. The van der Waals surface area contributed by atoms with E-state index in [1.54, 1.807) is 13.0 Å². The first kappa shape index (κ1) is 10.8. The van der Waals surface area contributed by atoms with Crippen LogP contribution in [0.5, 0.6) is 0 Å².